The van der Waals surface area contributed by atoms with E-state index in [9.17, 15) is 4.79 Å². The van der Waals surface area contributed by atoms with Crippen LogP contribution in [0.1, 0.15) is 5.56 Å². The molecule has 4 rings (SSSR count). The molecule has 0 aliphatic rings. The van der Waals surface area contributed by atoms with E-state index in [4.69, 9.17) is 5.26 Å². The molecule has 1 aromatic carbocycles. The van der Waals surface area contributed by atoms with Gasteiger partial charge in [0.2, 0.25) is 5.43 Å². The first-order valence-electron chi connectivity index (χ1n) is 7.81. The molecule has 0 bridgehead atoms. The van der Waals surface area contributed by atoms with Crippen molar-refractivity contribution < 1.29 is 0 Å². The number of aromatic nitrogens is 5. The number of hydrogen-bond acceptors (Lipinski definition) is 5. The molecule has 0 unspecified atom stereocenters. The molecule has 0 amide bonds. The summed E-state index contributed by atoms with van der Waals surface area (Å²) < 4.78 is 3.21. The van der Waals surface area contributed by atoms with Gasteiger partial charge in [-0.2, -0.15) is 15.5 Å². The first-order valence-corrected chi connectivity index (χ1v) is 7.81. The lowest BCUT2D eigenvalue weighted by Gasteiger charge is -2.09. The second-order valence-electron chi connectivity index (χ2n) is 5.47. The summed E-state index contributed by atoms with van der Waals surface area (Å²) in [5.74, 6) is 0. The van der Waals surface area contributed by atoms with Crippen molar-refractivity contribution in [2.45, 2.75) is 0 Å². The molecule has 0 saturated carbocycles. The Kier molecular flexibility index (Phi) is 3.84. The normalized spacial score (nSPS) is 10.4. The Morgan fingerprint density at radius 1 is 0.962 bits per heavy atom. The van der Waals surface area contributed by atoms with Gasteiger partial charge in [0.25, 0.3) is 0 Å². The summed E-state index contributed by atoms with van der Waals surface area (Å²) >= 11 is 0. The highest BCUT2D eigenvalue weighted by Crippen LogP contribution is 2.19. The summed E-state index contributed by atoms with van der Waals surface area (Å²) in [6, 6.07) is 15.9. The van der Waals surface area contributed by atoms with Crippen LogP contribution in [0, 0.1) is 11.3 Å². The highest BCUT2D eigenvalue weighted by atomic mass is 16.1. The first-order chi connectivity index (χ1) is 12.8. The maximum absolute atomic E-state index is 12.4. The van der Waals surface area contributed by atoms with Gasteiger partial charge in [-0.05, 0) is 36.4 Å². The Hall–Kier alpha value is -4.05. The zero-order valence-electron chi connectivity index (χ0n) is 13.5. The van der Waals surface area contributed by atoms with E-state index in [-0.39, 0.29) is 11.1 Å². The number of nitriles is 1. The van der Waals surface area contributed by atoms with Gasteiger partial charge in [0.1, 0.15) is 0 Å². The summed E-state index contributed by atoms with van der Waals surface area (Å²) in [6.45, 7) is 0. The predicted molar refractivity (Wildman–Crippen MR) is 94.9 cm³/mol. The van der Waals surface area contributed by atoms with E-state index in [1.54, 1.807) is 70.5 Å². The Morgan fingerprint density at radius 3 is 2.62 bits per heavy atom. The van der Waals surface area contributed by atoms with Crippen LogP contribution in [-0.4, -0.2) is 24.5 Å². The van der Waals surface area contributed by atoms with Gasteiger partial charge in [0.15, 0.2) is 5.69 Å². The summed E-state index contributed by atoms with van der Waals surface area (Å²) in [6.07, 6.45) is 6.52. The maximum Gasteiger partial charge on any atom is 0.209 e. The lowest BCUT2D eigenvalue weighted by atomic mass is 10.2. The van der Waals surface area contributed by atoms with Gasteiger partial charge < -0.3 is 0 Å². The van der Waals surface area contributed by atoms with Crippen LogP contribution < -0.4 is 5.43 Å². The maximum atomic E-state index is 12.4. The van der Waals surface area contributed by atoms with Crippen LogP contribution in [0.4, 0.5) is 0 Å². The largest absolute Gasteiger partial charge is 0.287 e. The molecule has 3 heterocycles. The van der Waals surface area contributed by atoms with Gasteiger partial charge in [0, 0.05) is 24.7 Å². The zero-order valence-corrected chi connectivity index (χ0v) is 13.5. The fraction of sp³-hybridized carbons (Fsp3) is 0. The van der Waals surface area contributed by atoms with Crippen LogP contribution in [0.5, 0.6) is 0 Å². The van der Waals surface area contributed by atoms with Crippen molar-refractivity contribution >= 4 is 0 Å². The Morgan fingerprint density at radius 2 is 1.81 bits per heavy atom. The SMILES string of the molecule is N#Cc1cccc(-n2nccc2-c2nn(-c3ccncc3)ccc2=O)c1. The van der Waals surface area contributed by atoms with Crippen molar-refractivity contribution in [1.82, 2.24) is 24.5 Å². The van der Waals surface area contributed by atoms with Crippen molar-refractivity contribution in [3.05, 3.63) is 89.1 Å². The van der Waals surface area contributed by atoms with E-state index in [0.29, 0.717) is 16.9 Å². The molecular weight excluding hydrogens is 328 g/mol. The van der Waals surface area contributed by atoms with Crippen molar-refractivity contribution in [3.8, 4) is 28.8 Å². The number of pyridine rings is 1. The number of rotatable bonds is 3. The van der Waals surface area contributed by atoms with Crippen molar-refractivity contribution in [1.29, 1.82) is 5.26 Å². The minimum absolute atomic E-state index is 0.214. The summed E-state index contributed by atoms with van der Waals surface area (Å²) in [5.41, 5.74) is 2.59. The smallest absolute Gasteiger partial charge is 0.209 e. The van der Waals surface area contributed by atoms with Gasteiger partial charge in [-0.25, -0.2) is 9.36 Å². The monoisotopic (exact) mass is 340 g/mol. The van der Waals surface area contributed by atoms with Crippen molar-refractivity contribution in [2.75, 3.05) is 0 Å². The molecule has 26 heavy (non-hydrogen) atoms. The molecule has 7 heteroatoms. The van der Waals surface area contributed by atoms with Gasteiger partial charge in [-0.15, -0.1) is 0 Å². The fourth-order valence-electron chi connectivity index (χ4n) is 2.62. The molecule has 0 atom stereocenters. The van der Waals surface area contributed by atoms with E-state index >= 15 is 0 Å². The van der Waals surface area contributed by atoms with Crippen LogP contribution in [-0.2, 0) is 0 Å². The lowest BCUT2D eigenvalue weighted by Crippen LogP contribution is -2.14. The number of nitrogens with zero attached hydrogens (tertiary/aromatic N) is 6. The van der Waals surface area contributed by atoms with Crippen LogP contribution in [0.15, 0.2) is 78.1 Å². The molecule has 0 radical (unpaired) electrons. The Labute approximate surface area is 148 Å². The number of hydrogen-bond donors (Lipinski definition) is 0. The highest BCUT2D eigenvalue weighted by Gasteiger charge is 2.14. The van der Waals surface area contributed by atoms with Crippen molar-refractivity contribution in [3.63, 3.8) is 0 Å². The molecule has 7 nitrogen and oxygen atoms in total. The lowest BCUT2D eigenvalue weighted by molar-refractivity contribution is 0.821. The van der Waals surface area contributed by atoms with Crippen LogP contribution >= 0.6 is 0 Å². The minimum atomic E-state index is -0.214. The van der Waals surface area contributed by atoms with Gasteiger partial charge in [0.05, 0.1) is 34.9 Å². The quantitative estimate of drug-likeness (QED) is 0.571. The average molecular weight is 340 g/mol. The van der Waals surface area contributed by atoms with E-state index in [1.807, 2.05) is 6.07 Å². The molecule has 0 spiro atoms. The molecule has 0 fully saturated rings. The Bertz CT molecular complexity index is 1170. The van der Waals surface area contributed by atoms with Gasteiger partial charge in [-0.1, -0.05) is 6.07 Å². The predicted octanol–water partition coefficient (Wildman–Crippen LogP) is 2.35. The molecule has 0 N–H and O–H groups in total. The summed E-state index contributed by atoms with van der Waals surface area (Å²) in [7, 11) is 0. The van der Waals surface area contributed by atoms with Crippen LogP contribution in [0.2, 0.25) is 0 Å². The molecule has 0 aliphatic heterocycles. The fourth-order valence-corrected chi connectivity index (χ4v) is 2.62. The topological polar surface area (TPSA) is 89.4 Å². The zero-order chi connectivity index (χ0) is 17.9. The van der Waals surface area contributed by atoms with Gasteiger partial charge >= 0.3 is 0 Å². The first kappa shape index (κ1) is 15.5. The third kappa shape index (κ3) is 2.76. The van der Waals surface area contributed by atoms with E-state index in [1.165, 1.54) is 6.07 Å². The second-order valence-corrected chi connectivity index (χ2v) is 5.47. The molecular formula is C19H12N6O. The third-order valence-electron chi connectivity index (χ3n) is 3.84. The third-order valence-corrected chi connectivity index (χ3v) is 3.84. The Balaban J connectivity index is 1.86. The summed E-state index contributed by atoms with van der Waals surface area (Å²) in [4.78, 5) is 16.4. The van der Waals surface area contributed by atoms with E-state index in [2.05, 4.69) is 21.3 Å². The minimum Gasteiger partial charge on any atom is -0.287 e. The molecule has 4 aromatic rings. The van der Waals surface area contributed by atoms with Crippen LogP contribution in [0.3, 0.4) is 0 Å². The molecule has 0 aliphatic carbocycles. The summed E-state index contributed by atoms with van der Waals surface area (Å²) in [5, 5.41) is 17.9. The molecule has 124 valence electrons. The van der Waals surface area contributed by atoms with E-state index in [0.717, 1.165) is 5.69 Å². The highest BCUT2D eigenvalue weighted by molar-refractivity contribution is 5.58. The molecule has 3 aromatic heterocycles. The van der Waals surface area contributed by atoms with E-state index < -0.39 is 0 Å². The molecule has 0 saturated heterocycles. The second kappa shape index (κ2) is 6.45. The van der Waals surface area contributed by atoms with Gasteiger partial charge in [-0.3, -0.25) is 9.78 Å². The van der Waals surface area contributed by atoms with Crippen LogP contribution in [0.25, 0.3) is 22.8 Å². The average Bonchev–Trinajstić information content (AvgIpc) is 3.19. The standard InChI is InChI=1S/C19H12N6O/c20-13-14-2-1-3-16(12-14)25-17(6-10-22-25)19-18(26)7-11-24(23-19)15-4-8-21-9-5-15/h1-12H. The van der Waals surface area contributed by atoms with Crippen molar-refractivity contribution in [2.24, 2.45) is 0 Å². The number of benzene rings is 1.